The number of fused-ring (bicyclic) bond motifs is 1. The summed E-state index contributed by atoms with van der Waals surface area (Å²) in [7, 11) is 1.91. The van der Waals surface area contributed by atoms with E-state index in [1.807, 2.05) is 54.1 Å². The molecule has 1 heterocycles. The average Bonchev–Trinajstić information content (AvgIpc) is 2.76. The largest absolute Gasteiger partial charge is 0.481 e. The molecule has 5 nitrogen and oxygen atoms in total. The highest BCUT2D eigenvalue weighted by molar-refractivity contribution is 5.81. The number of carboxylic acids is 1. The lowest BCUT2D eigenvalue weighted by atomic mass is 10.1. The molecule has 2 N–H and O–H groups in total. The maximum Gasteiger partial charge on any atom is 0.307 e. The number of anilines is 2. The number of carboxylic acid groups (broad SMARTS) is 1. The highest BCUT2D eigenvalue weighted by Gasteiger charge is 2.09. The summed E-state index contributed by atoms with van der Waals surface area (Å²) in [6.45, 7) is 0. The second-order valence-electron chi connectivity index (χ2n) is 4.88. The van der Waals surface area contributed by atoms with Crippen molar-refractivity contribution in [1.82, 2.24) is 9.55 Å². The third kappa shape index (κ3) is 2.72. The molecule has 21 heavy (non-hydrogen) atoms. The van der Waals surface area contributed by atoms with Crippen molar-refractivity contribution in [2.24, 2.45) is 7.05 Å². The minimum atomic E-state index is -0.834. The minimum Gasteiger partial charge on any atom is -0.481 e. The first-order valence-electron chi connectivity index (χ1n) is 6.63. The Bertz CT molecular complexity index is 794. The fourth-order valence-electron chi connectivity index (χ4n) is 2.28. The van der Waals surface area contributed by atoms with Crippen LogP contribution in [0.1, 0.15) is 5.56 Å². The molecule has 0 saturated heterocycles. The molecular weight excluding hydrogens is 266 g/mol. The van der Waals surface area contributed by atoms with Crippen LogP contribution in [0.25, 0.3) is 11.0 Å². The maximum atomic E-state index is 10.8. The van der Waals surface area contributed by atoms with Crippen LogP contribution in [-0.2, 0) is 18.3 Å². The number of aryl methyl sites for hydroxylation is 1. The summed E-state index contributed by atoms with van der Waals surface area (Å²) >= 11 is 0. The van der Waals surface area contributed by atoms with E-state index in [1.54, 1.807) is 6.07 Å². The van der Waals surface area contributed by atoms with Crippen LogP contribution in [0.2, 0.25) is 0 Å². The molecule has 0 unspecified atom stereocenters. The normalized spacial score (nSPS) is 10.7. The number of para-hydroxylation sites is 1. The van der Waals surface area contributed by atoms with Gasteiger partial charge in [0, 0.05) is 12.7 Å². The third-order valence-corrected chi connectivity index (χ3v) is 3.33. The molecule has 3 aromatic rings. The molecule has 0 saturated carbocycles. The summed E-state index contributed by atoms with van der Waals surface area (Å²) in [6, 6.07) is 15.3. The summed E-state index contributed by atoms with van der Waals surface area (Å²) in [5.41, 5.74) is 3.48. The van der Waals surface area contributed by atoms with Crippen LogP contribution < -0.4 is 5.32 Å². The zero-order valence-corrected chi connectivity index (χ0v) is 11.6. The van der Waals surface area contributed by atoms with Gasteiger partial charge in [0.1, 0.15) is 0 Å². The molecule has 2 aromatic carbocycles. The molecule has 0 aliphatic heterocycles. The van der Waals surface area contributed by atoms with Gasteiger partial charge in [-0.2, -0.15) is 0 Å². The Kier molecular flexibility index (Phi) is 3.31. The average molecular weight is 281 g/mol. The number of carbonyl (C=O) groups is 1. The molecule has 0 fully saturated rings. The van der Waals surface area contributed by atoms with E-state index in [2.05, 4.69) is 10.3 Å². The van der Waals surface area contributed by atoms with Crippen LogP contribution in [0, 0.1) is 0 Å². The van der Waals surface area contributed by atoms with E-state index in [0.717, 1.165) is 28.2 Å². The van der Waals surface area contributed by atoms with Crippen LogP contribution >= 0.6 is 0 Å². The van der Waals surface area contributed by atoms with Gasteiger partial charge < -0.3 is 15.0 Å². The Morgan fingerprint density at radius 3 is 2.71 bits per heavy atom. The minimum absolute atomic E-state index is 0.0164. The standard InChI is InChI=1S/C16H15N3O2/c1-19-14-9-11(10-15(20)21)7-8-13(14)18-16(19)17-12-5-3-2-4-6-12/h2-9H,10H2,1H3,(H,17,18)(H,20,21). The van der Waals surface area contributed by atoms with Gasteiger partial charge in [-0.05, 0) is 29.8 Å². The number of nitrogens with zero attached hydrogens (tertiary/aromatic N) is 2. The van der Waals surface area contributed by atoms with E-state index in [-0.39, 0.29) is 6.42 Å². The molecule has 106 valence electrons. The molecule has 0 spiro atoms. The van der Waals surface area contributed by atoms with Crippen LogP contribution in [0.4, 0.5) is 11.6 Å². The zero-order chi connectivity index (χ0) is 14.8. The van der Waals surface area contributed by atoms with Crippen LogP contribution in [-0.4, -0.2) is 20.6 Å². The molecule has 0 amide bonds. The summed E-state index contributed by atoms with van der Waals surface area (Å²) in [5.74, 6) is -0.108. The number of hydrogen-bond donors (Lipinski definition) is 2. The predicted molar refractivity (Wildman–Crippen MR) is 81.8 cm³/mol. The van der Waals surface area contributed by atoms with Gasteiger partial charge in [0.25, 0.3) is 0 Å². The smallest absolute Gasteiger partial charge is 0.307 e. The number of aromatic nitrogens is 2. The summed E-state index contributed by atoms with van der Waals surface area (Å²) in [6.07, 6.45) is 0.0164. The monoisotopic (exact) mass is 281 g/mol. The number of hydrogen-bond acceptors (Lipinski definition) is 3. The number of benzene rings is 2. The van der Waals surface area contributed by atoms with Gasteiger partial charge in [0.2, 0.25) is 5.95 Å². The lowest BCUT2D eigenvalue weighted by Crippen LogP contribution is -2.01. The molecule has 3 rings (SSSR count). The molecular formula is C16H15N3O2. The lowest BCUT2D eigenvalue weighted by molar-refractivity contribution is -0.136. The lowest BCUT2D eigenvalue weighted by Gasteiger charge is -2.05. The molecule has 0 atom stereocenters. The van der Waals surface area contributed by atoms with Crippen molar-refractivity contribution in [3.63, 3.8) is 0 Å². The molecule has 1 aromatic heterocycles. The first kappa shape index (κ1) is 13.2. The summed E-state index contributed by atoms with van der Waals surface area (Å²) in [5, 5.41) is 12.1. The van der Waals surface area contributed by atoms with Gasteiger partial charge >= 0.3 is 5.97 Å². The molecule has 0 aliphatic carbocycles. The van der Waals surface area contributed by atoms with E-state index in [9.17, 15) is 4.79 Å². The number of rotatable bonds is 4. The quantitative estimate of drug-likeness (QED) is 0.771. The topological polar surface area (TPSA) is 67.2 Å². The zero-order valence-electron chi connectivity index (χ0n) is 11.6. The fraction of sp³-hybridized carbons (Fsp3) is 0.125. The second kappa shape index (κ2) is 5.28. The third-order valence-electron chi connectivity index (χ3n) is 3.33. The van der Waals surface area contributed by atoms with E-state index in [1.165, 1.54) is 0 Å². The van der Waals surface area contributed by atoms with Crippen molar-refractivity contribution >= 4 is 28.6 Å². The molecule has 0 aliphatic rings. The Balaban J connectivity index is 1.97. The molecule has 0 radical (unpaired) electrons. The number of aliphatic carboxylic acids is 1. The molecule has 0 bridgehead atoms. The van der Waals surface area contributed by atoms with Crippen LogP contribution in [0.5, 0.6) is 0 Å². The van der Waals surface area contributed by atoms with E-state index < -0.39 is 5.97 Å². The van der Waals surface area contributed by atoms with Gasteiger partial charge in [-0.25, -0.2) is 4.98 Å². The SMILES string of the molecule is Cn1c(Nc2ccccc2)nc2ccc(CC(=O)O)cc21. The van der Waals surface area contributed by atoms with Crippen LogP contribution in [0.3, 0.4) is 0 Å². The van der Waals surface area contributed by atoms with Gasteiger partial charge in [-0.1, -0.05) is 24.3 Å². The van der Waals surface area contributed by atoms with Crippen LogP contribution in [0.15, 0.2) is 48.5 Å². The second-order valence-corrected chi connectivity index (χ2v) is 4.88. The number of nitrogens with one attached hydrogen (secondary N) is 1. The Hall–Kier alpha value is -2.82. The van der Waals surface area contributed by atoms with E-state index >= 15 is 0 Å². The van der Waals surface area contributed by atoms with E-state index in [0.29, 0.717) is 0 Å². The summed E-state index contributed by atoms with van der Waals surface area (Å²) in [4.78, 5) is 15.3. The van der Waals surface area contributed by atoms with Gasteiger partial charge in [0.15, 0.2) is 0 Å². The highest BCUT2D eigenvalue weighted by Crippen LogP contribution is 2.22. The van der Waals surface area contributed by atoms with Gasteiger partial charge in [-0.3, -0.25) is 4.79 Å². The first-order chi connectivity index (χ1) is 10.1. The van der Waals surface area contributed by atoms with E-state index in [4.69, 9.17) is 5.11 Å². The Morgan fingerprint density at radius 1 is 1.24 bits per heavy atom. The highest BCUT2D eigenvalue weighted by atomic mass is 16.4. The van der Waals surface area contributed by atoms with Crippen molar-refractivity contribution in [2.75, 3.05) is 5.32 Å². The Labute approximate surface area is 121 Å². The Morgan fingerprint density at radius 2 is 2.00 bits per heavy atom. The van der Waals surface area contributed by atoms with Crippen molar-refractivity contribution in [3.8, 4) is 0 Å². The van der Waals surface area contributed by atoms with Crippen molar-refractivity contribution in [1.29, 1.82) is 0 Å². The molecule has 5 heteroatoms. The predicted octanol–water partition coefficient (Wildman–Crippen LogP) is 2.94. The number of imidazole rings is 1. The van der Waals surface area contributed by atoms with Crippen molar-refractivity contribution < 1.29 is 9.90 Å². The van der Waals surface area contributed by atoms with Crippen molar-refractivity contribution in [3.05, 3.63) is 54.1 Å². The van der Waals surface area contributed by atoms with Crippen molar-refractivity contribution in [2.45, 2.75) is 6.42 Å². The first-order valence-corrected chi connectivity index (χ1v) is 6.63. The van der Waals surface area contributed by atoms with Gasteiger partial charge in [-0.15, -0.1) is 0 Å². The summed E-state index contributed by atoms with van der Waals surface area (Å²) < 4.78 is 1.92. The maximum absolute atomic E-state index is 10.8. The van der Waals surface area contributed by atoms with Gasteiger partial charge in [0.05, 0.1) is 17.5 Å². The fourth-order valence-corrected chi connectivity index (χ4v) is 2.28.